The van der Waals surface area contributed by atoms with E-state index >= 15 is 0 Å². The van der Waals surface area contributed by atoms with Crippen LogP contribution >= 0.6 is 23.4 Å². The van der Waals surface area contributed by atoms with Crippen LogP contribution in [0.2, 0.25) is 5.02 Å². The second kappa shape index (κ2) is 7.80. The molecule has 1 atom stereocenters. The highest BCUT2D eigenvalue weighted by Gasteiger charge is 2.29. The van der Waals surface area contributed by atoms with Gasteiger partial charge in [0.25, 0.3) is 0 Å². The first kappa shape index (κ1) is 17.6. The lowest BCUT2D eigenvalue weighted by molar-refractivity contribution is -0.124. The number of ether oxygens (including phenoxy) is 1. The summed E-state index contributed by atoms with van der Waals surface area (Å²) in [6.07, 6.45) is 0.105. The van der Waals surface area contributed by atoms with Gasteiger partial charge in [0.2, 0.25) is 11.8 Å². The summed E-state index contributed by atoms with van der Waals surface area (Å²) >= 11 is 7.31. The monoisotopic (exact) mass is 376 g/mol. The minimum atomic E-state index is -0.466. The second-order valence-corrected chi connectivity index (χ2v) is 7.21. The third-order valence-corrected chi connectivity index (χ3v) is 5.31. The Labute approximate surface area is 155 Å². The molecular formula is C18H17ClN2O3S. The van der Waals surface area contributed by atoms with Gasteiger partial charge in [0.15, 0.2) is 0 Å². The molecule has 2 N–H and O–H groups in total. The summed E-state index contributed by atoms with van der Waals surface area (Å²) in [6, 6.07) is 12.8. The van der Waals surface area contributed by atoms with Crippen molar-refractivity contribution in [1.82, 2.24) is 5.32 Å². The fourth-order valence-corrected chi connectivity index (χ4v) is 3.80. The van der Waals surface area contributed by atoms with Crippen molar-refractivity contribution in [2.45, 2.75) is 23.1 Å². The molecule has 0 aromatic heterocycles. The number of amides is 2. The summed E-state index contributed by atoms with van der Waals surface area (Å²) in [4.78, 5) is 25.3. The molecule has 0 fully saturated rings. The van der Waals surface area contributed by atoms with E-state index in [-0.39, 0.29) is 18.2 Å². The molecule has 130 valence electrons. The number of fused-ring (bicyclic) bond motifs is 1. The number of methoxy groups -OCH3 is 1. The Morgan fingerprint density at radius 2 is 2.12 bits per heavy atom. The second-order valence-electron chi connectivity index (χ2n) is 5.53. The zero-order valence-electron chi connectivity index (χ0n) is 13.5. The van der Waals surface area contributed by atoms with Crippen molar-refractivity contribution in [2.75, 3.05) is 12.4 Å². The van der Waals surface area contributed by atoms with Gasteiger partial charge in [0.1, 0.15) is 5.75 Å². The Morgan fingerprint density at radius 1 is 1.32 bits per heavy atom. The van der Waals surface area contributed by atoms with E-state index in [4.69, 9.17) is 16.3 Å². The smallest absolute Gasteiger partial charge is 0.238 e. The van der Waals surface area contributed by atoms with Crippen LogP contribution in [-0.2, 0) is 16.1 Å². The first-order chi connectivity index (χ1) is 12.1. The summed E-state index contributed by atoms with van der Waals surface area (Å²) < 4.78 is 5.26. The van der Waals surface area contributed by atoms with E-state index in [0.29, 0.717) is 17.3 Å². The summed E-state index contributed by atoms with van der Waals surface area (Å²) in [5.41, 5.74) is 1.58. The largest absolute Gasteiger partial charge is 0.496 e. The Morgan fingerprint density at radius 3 is 2.92 bits per heavy atom. The maximum Gasteiger partial charge on any atom is 0.238 e. The van der Waals surface area contributed by atoms with Crippen molar-refractivity contribution in [3.63, 3.8) is 0 Å². The summed E-state index contributed by atoms with van der Waals surface area (Å²) in [7, 11) is 1.59. The highest BCUT2D eigenvalue weighted by atomic mass is 35.5. The number of hydrogen-bond acceptors (Lipinski definition) is 4. The first-order valence-electron chi connectivity index (χ1n) is 7.72. The van der Waals surface area contributed by atoms with Crippen LogP contribution in [-0.4, -0.2) is 24.2 Å². The molecule has 5 nitrogen and oxygen atoms in total. The van der Waals surface area contributed by atoms with Crippen molar-refractivity contribution in [2.24, 2.45) is 0 Å². The number of rotatable bonds is 5. The van der Waals surface area contributed by atoms with Gasteiger partial charge in [-0.15, -0.1) is 11.8 Å². The zero-order valence-corrected chi connectivity index (χ0v) is 15.1. The van der Waals surface area contributed by atoms with E-state index in [1.165, 1.54) is 11.8 Å². The van der Waals surface area contributed by atoms with E-state index in [1.54, 1.807) is 19.2 Å². The van der Waals surface area contributed by atoms with E-state index in [1.807, 2.05) is 30.3 Å². The molecule has 0 aliphatic carbocycles. The molecule has 0 radical (unpaired) electrons. The average Bonchev–Trinajstić information content (AvgIpc) is 2.61. The zero-order chi connectivity index (χ0) is 17.8. The molecule has 0 saturated carbocycles. The molecule has 1 heterocycles. The van der Waals surface area contributed by atoms with Crippen LogP contribution in [0.4, 0.5) is 5.69 Å². The van der Waals surface area contributed by atoms with E-state index in [2.05, 4.69) is 10.6 Å². The minimum absolute atomic E-state index is 0.105. The third-order valence-electron chi connectivity index (χ3n) is 3.80. The minimum Gasteiger partial charge on any atom is -0.496 e. The van der Waals surface area contributed by atoms with Gasteiger partial charge in [0.05, 0.1) is 18.0 Å². The number of carbonyl (C=O) groups is 2. The van der Waals surface area contributed by atoms with Gasteiger partial charge in [-0.2, -0.15) is 0 Å². The number of benzene rings is 2. The summed E-state index contributed by atoms with van der Waals surface area (Å²) in [5.74, 6) is 0.349. The van der Waals surface area contributed by atoms with Crippen LogP contribution in [0.25, 0.3) is 0 Å². The first-order valence-corrected chi connectivity index (χ1v) is 8.98. The third kappa shape index (κ3) is 4.27. The van der Waals surface area contributed by atoms with Crippen molar-refractivity contribution >= 4 is 40.9 Å². The SMILES string of the molecule is COc1ccccc1CNC(=O)CC1Sc2ccc(Cl)cc2NC1=O. The normalized spacial score (nSPS) is 15.9. The summed E-state index contributed by atoms with van der Waals surface area (Å²) in [6.45, 7) is 0.355. The van der Waals surface area contributed by atoms with Crippen LogP contribution in [0.1, 0.15) is 12.0 Å². The predicted molar refractivity (Wildman–Crippen MR) is 99.2 cm³/mol. The molecule has 0 saturated heterocycles. The van der Waals surface area contributed by atoms with Gasteiger partial charge in [0, 0.05) is 28.4 Å². The van der Waals surface area contributed by atoms with Crippen molar-refractivity contribution in [3.8, 4) is 5.75 Å². The lowest BCUT2D eigenvalue weighted by Gasteiger charge is -2.23. The van der Waals surface area contributed by atoms with Crippen LogP contribution in [0.3, 0.4) is 0 Å². The Hall–Kier alpha value is -2.18. The van der Waals surface area contributed by atoms with Gasteiger partial charge in [-0.3, -0.25) is 9.59 Å². The molecule has 2 aromatic rings. The number of anilines is 1. The number of halogens is 1. The highest BCUT2D eigenvalue weighted by molar-refractivity contribution is 8.01. The molecule has 0 bridgehead atoms. The van der Waals surface area contributed by atoms with Gasteiger partial charge >= 0.3 is 0 Å². The lowest BCUT2D eigenvalue weighted by Crippen LogP contribution is -2.34. The number of nitrogens with one attached hydrogen (secondary N) is 2. The van der Waals surface area contributed by atoms with E-state index < -0.39 is 5.25 Å². The molecule has 1 unspecified atom stereocenters. The van der Waals surface area contributed by atoms with Crippen LogP contribution in [0, 0.1) is 0 Å². The number of carbonyl (C=O) groups excluding carboxylic acids is 2. The quantitative estimate of drug-likeness (QED) is 0.838. The molecule has 25 heavy (non-hydrogen) atoms. The van der Waals surface area contributed by atoms with Gasteiger partial charge in [-0.25, -0.2) is 0 Å². The maximum atomic E-state index is 12.2. The number of para-hydroxylation sites is 1. The molecular weight excluding hydrogens is 360 g/mol. The maximum absolute atomic E-state index is 12.2. The summed E-state index contributed by atoms with van der Waals surface area (Å²) in [5, 5.41) is 5.74. The van der Waals surface area contributed by atoms with E-state index in [0.717, 1.165) is 16.2 Å². The Balaban J connectivity index is 1.59. The van der Waals surface area contributed by atoms with Crippen LogP contribution in [0.5, 0.6) is 5.75 Å². The van der Waals surface area contributed by atoms with Gasteiger partial charge < -0.3 is 15.4 Å². The van der Waals surface area contributed by atoms with E-state index in [9.17, 15) is 9.59 Å². The van der Waals surface area contributed by atoms with Gasteiger partial charge in [-0.1, -0.05) is 29.8 Å². The molecule has 7 heteroatoms. The number of thioether (sulfide) groups is 1. The fourth-order valence-electron chi connectivity index (χ4n) is 2.54. The number of hydrogen-bond donors (Lipinski definition) is 2. The van der Waals surface area contributed by atoms with Crippen molar-refractivity contribution in [3.05, 3.63) is 53.1 Å². The van der Waals surface area contributed by atoms with Crippen LogP contribution in [0.15, 0.2) is 47.4 Å². The molecule has 1 aliphatic rings. The average molecular weight is 377 g/mol. The lowest BCUT2D eigenvalue weighted by atomic mass is 10.2. The van der Waals surface area contributed by atoms with Crippen molar-refractivity contribution < 1.29 is 14.3 Å². The standard InChI is InChI=1S/C18H17ClN2O3S/c1-24-14-5-3-2-4-11(14)10-20-17(22)9-16-18(23)21-13-8-12(19)6-7-15(13)25-16/h2-8,16H,9-10H2,1H3,(H,20,22)(H,21,23). The van der Waals surface area contributed by atoms with Gasteiger partial charge in [-0.05, 0) is 24.3 Å². The Kier molecular flexibility index (Phi) is 5.50. The molecule has 1 aliphatic heterocycles. The molecule has 2 aromatic carbocycles. The van der Waals surface area contributed by atoms with Crippen molar-refractivity contribution in [1.29, 1.82) is 0 Å². The molecule has 3 rings (SSSR count). The highest BCUT2D eigenvalue weighted by Crippen LogP contribution is 2.38. The van der Waals surface area contributed by atoms with Crippen LogP contribution < -0.4 is 15.4 Å². The fraction of sp³-hybridized carbons (Fsp3) is 0.222. The molecule has 0 spiro atoms. The predicted octanol–water partition coefficient (Wildman–Crippen LogP) is 3.47. The topological polar surface area (TPSA) is 67.4 Å². The Bertz CT molecular complexity index is 813. The molecule has 2 amide bonds.